The minimum Gasteiger partial charge on any atom is -0.369 e. The van der Waals surface area contributed by atoms with Crippen molar-refractivity contribution < 1.29 is 13.2 Å². The molecule has 7 heteroatoms. The Morgan fingerprint density at radius 3 is 2.81 bits per heavy atom. The smallest absolute Gasteiger partial charge is 0.369 e. The van der Waals surface area contributed by atoms with Gasteiger partial charge in [0.05, 0.1) is 23.0 Å². The lowest BCUT2D eigenvalue weighted by Gasteiger charge is -2.34. The number of benzene rings is 1. The SMILES string of the molecule is CCN1CCCCC1c1nn(-c2ccccc2C(F)(F)F)c2c1CCN2. The highest BCUT2D eigenvalue weighted by atomic mass is 19.4. The number of hydrogen-bond acceptors (Lipinski definition) is 3. The Morgan fingerprint density at radius 1 is 1.23 bits per heavy atom. The first-order valence-electron chi connectivity index (χ1n) is 9.27. The summed E-state index contributed by atoms with van der Waals surface area (Å²) in [4.78, 5) is 2.39. The zero-order valence-corrected chi connectivity index (χ0v) is 14.8. The molecule has 1 aromatic carbocycles. The molecular formula is C19H23F3N4. The lowest BCUT2D eigenvalue weighted by Crippen LogP contribution is -2.34. The zero-order valence-electron chi connectivity index (χ0n) is 14.8. The summed E-state index contributed by atoms with van der Waals surface area (Å²) in [6.07, 6.45) is -0.280. The maximum absolute atomic E-state index is 13.5. The normalized spacial score (nSPS) is 20.8. The van der Waals surface area contributed by atoms with E-state index in [4.69, 9.17) is 5.10 Å². The first-order chi connectivity index (χ1) is 12.5. The van der Waals surface area contributed by atoms with Gasteiger partial charge in [-0.1, -0.05) is 25.5 Å². The summed E-state index contributed by atoms with van der Waals surface area (Å²) < 4.78 is 42.0. The molecule has 1 aromatic heterocycles. The summed E-state index contributed by atoms with van der Waals surface area (Å²) in [5.41, 5.74) is 1.47. The predicted octanol–water partition coefficient (Wildman–Crippen LogP) is 4.41. The molecule has 1 atom stereocenters. The number of alkyl halides is 3. The Balaban J connectivity index is 1.83. The summed E-state index contributed by atoms with van der Waals surface area (Å²) in [6.45, 7) is 4.83. The Morgan fingerprint density at radius 2 is 2.04 bits per heavy atom. The molecular weight excluding hydrogens is 341 g/mol. The van der Waals surface area contributed by atoms with E-state index in [0.717, 1.165) is 62.0 Å². The van der Waals surface area contributed by atoms with Gasteiger partial charge in [0.15, 0.2) is 0 Å². The number of rotatable bonds is 3. The second-order valence-electron chi connectivity index (χ2n) is 6.96. The number of anilines is 1. The van der Waals surface area contributed by atoms with Crippen LogP contribution in [0.25, 0.3) is 5.69 Å². The molecule has 0 radical (unpaired) electrons. The van der Waals surface area contributed by atoms with Crippen LogP contribution < -0.4 is 5.32 Å². The van der Waals surface area contributed by atoms with Gasteiger partial charge in [-0.15, -0.1) is 0 Å². The molecule has 0 aliphatic carbocycles. The number of aromatic nitrogens is 2. The number of para-hydroxylation sites is 1. The van der Waals surface area contributed by atoms with E-state index < -0.39 is 11.7 Å². The van der Waals surface area contributed by atoms with E-state index in [1.165, 1.54) is 23.2 Å². The van der Waals surface area contributed by atoms with Crippen molar-refractivity contribution in [1.82, 2.24) is 14.7 Å². The topological polar surface area (TPSA) is 33.1 Å². The molecule has 1 N–H and O–H groups in total. The second kappa shape index (κ2) is 6.61. The van der Waals surface area contributed by atoms with Crippen LogP contribution in [0.15, 0.2) is 24.3 Å². The molecule has 1 unspecified atom stereocenters. The first kappa shape index (κ1) is 17.4. The van der Waals surface area contributed by atoms with Crippen LogP contribution in [-0.4, -0.2) is 34.3 Å². The number of likely N-dealkylation sites (tertiary alicyclic amines) is 1. The molecule has 4 nitrogen and oxygen atoms in total. The molecule has 3 heterocycles. The van der Waals surface area contributed by atoms with Crippen LogP contribution in [-0.2, 0) is 12.6 Å². The summed E-state index contributed by atoms with van der Waals surface area (Å²) in [7, 11) is 0. The Bertz CT molecular complexity index is 797. The van der Waals surface area contributed by atoms with Crippen LogP contribution in [0.4, 0.5) is 19.0 Å². The molecule has 1 fully saturated rings. The van der Waals surface area contributed by atoms with Gasteiger partial charge in [0.25, 0.3) is 0 Å². The van der Waals surface area contributed by atoms with Gasteiger partial charge in [-0.05, 0) is 44.5 Å². The molecule has 140 valence electrons. The van der Waals surface area contributed by atoms with Crippen LogP contribution in [0.2, 0.25) is 0 Å². The third kappa shape index (κ3) is 2.88. The van der Waals surface area contributed by atoms with Crippen molar-refractivity contribution in [3.63, 3.8) is 0 Å². The average Bonchev–Trinajstić information content (AvgIpc) is 3.23. The van der Waals surface area contributed by atoms with Crippen LogP contribution in [0.5, 0.6) is 0 Å². The van der Waals surface area contributed by atoms with Crippen LogP contribution in [0, 0.1) is 0 Å². The standard InChI is InChI=1S/C19H23F3N4/c1-2-25-12-6-5-9-16(25)17-13-10-11-23-18(13)26(24-17)15-8-4-3-7-14(15)19(20,21)22/h3-4,7-8,16,23H,2,5-6,9-12H2,1H3. The minimum atomic E-state index is -4.41. The predicted molar refractivity (Wildman–Crippen MR) is 94.6 cm³/mol. The van der Waals surface area contributed by atoms with Crippen molar-refractivity contribution in [2.75, 3.05) is 25.0 Å². The number of fused-ring (bicyclic) bond motifs is 1. The van der Waals surface area contributed by atoms with Crippen molar-refractivity contribution in [1.29, 1.82) is 0 Å². The average molecular weight is 364 g/mol. The van der Waals surface area contributed by atoms with E-state index in [2.05, 4.69) is 17.1 Å². The fourth-order valence-electron chi connectivity index (χ4n) is 4.22. The lowest BCUT2D eigenvalue weighted by atomic mass is 9.96. The largest absolute Gasteiger partial charge is 0.418 e. The van der Waals surface area contributed by atoms with Crippen molar-refractivity contribution in [3.8, 4) is 5.69 Å². The molecule has 2 aliphatic heterocycles. The van der Waals surface area contributed by atoms with E-state index in [0.29, 0.717) is 0 Å². The van der Waals surface area contributed by atoms with Crippen molar-refractivity contribution >= 4 is 5.82 Å². The van der Waals surface area contributed by atoms with Gasteiger partial charge in [0, 0.05) is 12.1 Å². The molecule has 0 saturated carbocycles. The van der Waals surface area contributed by atoms with Gasteiger partial charge in [-0.25, -0.2) is 4.68 Å². The highest BCUT2D eigenvalue weighted by Crippen LogP contribution is 2.40. The van der Waals surface area contributed by atoms with Crippen LogP contribution in [0.3, 0.4) is 0 Å². The third-order valence-electron chi connectivity index (χ3n) is 5.46. The van der Waals surface area contributed by atoms with Crippen LogP contribution in [0.1, 0.15) is 49.0 Å². The van der Waals surface area contributed by atoms with Gasteiger partial charge in [0.1, 0.15) is 5.82 Å². The summed E-state index contributed by atoms with van der Waals surface area (Å²) in [6, 6.07) is 5.87. The van der Waals surface area contributed by atoms with Gasteiger partial charge in [-0.2, -0.15) is 18.3 Å². The third-order valence-corrected chi connectivity index (χ3v) is 5.46. The van der Waals surface area contributed by atoms with Crippen LogP contribution >= 0.6 is 0 Å². The van der Waals surface area contributed by atoms with Gasteiger partial charge in [-0.3, -0.25) is 4.90 Å². The van der Waals surface area contributed by atoms with Gasteiger partial charge < -0.3 is 5.32 Å². The number of nitrogens with zero attached hydrogens (tertiary/aromatic N) is 3. The molecule has 0 amide bonds. The number of hydrogen-bond donors (Lipinski definition) is 1. The van der Waals surface area contributed by atoms with E-state index >= 15 is 0 Å². The molecule has 1 saturated heterocycles. The van der Waals surface area contributed by atoms with Crippen molar-refractivity contribution in [2.45, 2.75) is 44.8 Å². The maximum atomic E-state index is 13.5. The van der Waals surface area contributed by atoms with Crippen molar-refractivity contribution in [2.24, 2.45) is 0 Å². The molecule has 26 heavy (non-hydrogen) atoms. The number of piperidine rings is 1. The highest BCUT2D eigenvalue weighted by molar-refractivity contribution is 5.59. The monoisotopic (exact) mass is 364 g/mol. The molecule has 0 spiro atoms. The quantitative estimate of drug-likeness (QED) is 0.876. The number of nitrogens with one attached hydrogen (secondary N) is 1. The lowest BCUT2D eigenvalue weighted by molar-refractivity contribution is -0.137. The van der Waals surface area contributed by atoms with E-state index in [1.807, 2.05) is 0 Å². The zero-order chi connectivity index (χ0) is 18.3. The molecule has 2 aromatic rings. The molecule has 0 bridgehead atoms. The molecule has 2 aliphatic rings. The highest BCUT2D eigenvalue weighted by Gasteiger charge is 2.37. The first-order valence-corrected chi connectivity index (χ1v) is 9.27. The number of halogens is 3. The van der Waals surface area contributed by atoms with Crippen molar-refractivity contribution in [3.05, 3.63) is 41.1 Å². The van der Waals surface area contributed by atoms with Gasteiger partial charge >= 0.3 is 6.18 Å². The summed E-state index contributed by atoms with van der Waals surface area (Å²) in [5, 5.41) is 7.96. The maximum Gasteiger partial charge on any atom is 0.418 e. The summed E-state index contributed by atoms with van der Waals surface area (Å²) in [5.74, 6) is 0.721. The minimum absolute atomic E-state index is 0.0933. The van der Waals surface area contributed by atoms with Gasteiger partial charge in [0.2, 0.25) is 0 Å². The second-order valence-corrected chi connectivity index (χ2v) is 6.96. The Kier molecular flexibility index (Phi) is 4.42. The molecule has 4 rings (SSSR count). The Labute approximate surface area is 151 Å². The van der Waals surface area contributed by atoms with E-state index in [9.17, 15) is 13.2 Å². The fraction of sp³-hybridized carbons (Fsp3) is 0.526. The fourth-order valence-corrected chi connectivity index (χ4v) is 4.22. The van der Waals surface area contributed by atoms with E-state index in [-0.39, 0.29) is 11.7 Å². The van der Waals surface area contributed by atoms with E-state index in [1.54, 1.807) is 6.07 Å². The Hall–Kier alpha value is -2.02. The summed E-state index contributed by atoms with van der Waals surface area (Å²) >= 11 is 0.